The van der Waals surface area contributed by atoms with Crippen molar-refractivity contribution >= 4 is 26.8 Å². The SMILES string of the molecule is Cc1nccc2c1ccn2Cc1c(F)cc(Br)cc1F. The molecule has 0 spiro atoms. The Bertz CT molecular complexity index is 773. The van der Waals surface area contributed by atoms with Crippen molar-refractivity contribution in [2.24, 2.45) is 0 Å². The molecule has 0 radical (unpaired) electrons. The highest BCUT2D eigenvalue weighted by Gasteiger charge is 2.12. The fourth-order valence-corrected chi connectivity index (χ4v) is 2.70. The second kappa shape index (κ2) is 4.98. The van der Waals surface area contributed by atoms with E-state index in [0.717, 1.165) is 16.6 Å². The Hall–Kier alpha value is -1.75. The summed E-state index contributed by atoms with van der Waals surface area (Å²) in [5, 5.41) is 0.991. The Balaban J connectivity index is 2.08. The minimum atomic E-state index is -0.551. The highest BCUT2D eigenvalue weighted by Crippen LogP contribution is 2.23. The second-order valence-electron chi connectivity index (χ2n) is 4.62. The lowest BCUT2D eigenvalue weighted by molar-refractivity contribution is 0.545. The van der Waals surface area contributed by atoms with Crippen LogP contribution in [0, 0.1) is 18.6 Å². The number of hydrogen-bond acceptors (Lipinski definition) is 1. The molecular formula is C15H11BrF2N2. The molecule has 0 aliphatic rings. The van der Waals surface area contributed by atoms with Crippen LogP contribution in [-0.4, -0.2) is 9.55 Å². The molecule has 0 aliphatic heterocycles. The van der Waals surface area contributed by atoms with E-state index in [0.29, 0.717) is 4.47 Å². The van der Waals surface area contributed by atoms with E-state index in [4.69, 9.17) is 0 Å². The average molecular weight is 337 g/mol. The van der Waals surface area contributed by atoms with Crippen LogP contribution in [0.3, 0.4) is 0 Å². The van der Waals surface area contributed by atoms with E-state index >= 15 is 0 Å². The van der Waals surface area contributed by atoms with Gasteiger partial charge in [-0.2, -0.15) is 0 Å². The summed E-state index contributed by atoms with van der Waals surface area (Å²) in [6.07, 6.45) is 3.52. The lowest BCUT2D eigenvalue weighted by Crippen LogP contribution is -2.04. The predicted molar refractivity (Wildman–Crippen MR) is 77.6 cm³/mol. The smallest absolute Gasteiger partial charge is 0.132 e. The van der Waals surface area contributed by atoms with Gasteiger partial charge in [-0.05, 0) is 31.2 Å². The number of hydrogen-bond donors (Lipinski definition) is 0. The maximum Gasteiger partial charge on any atom is 0.132 e. The lowest BCUT2D eigenvalue weighted by Gasteiger charge is -2.09. The standard InChI is InChI=1S/C15H11BrF2N2/c1-9-11-3-5-20(15(11)2-4-19-9)8-12-13(17)6-10(16)7-14(12)18/h2-7H,8H2,1H3. The van der Waals surface area contributed by atoms with Crippen LogP contribution in [0.5, 0.6) is 0 Å². The maximum atomic E-state index is 13.9. The zero-order valence-electron chi connectivity index (χ0n) is 10.7. The number of halogens is 3. The molecule has 0 fully saturated rings. The van der Waals surface area contributed by atoms with Gasteiger partial charge in [0.2, 0.25) is 0 Å². The Morgan fingerprint density at radius 1 is 1.20 bits per heavy atom. The second-order valence-corrected chi connectivity index (χ2v) is 5.54. The van der Waals surface area contributed by atoms with Gasteiger partial charge in [-0.1, -0.05) is 15.9 Å². The van der Waals surface area contributed by atoms with E-state index in [2.05, 4.69) is 20.9 Å². The summed E-state index contributed by atoms with van der Waals surface area (Å²) in [5.41, 5.74) is 1.87. The van der Waals surface area contributed by atoms with Gasteiger partial charge >= 0.3 is 0 Å². The molecule has 102 valence electrons. The zero-order chi connectivity index (χ0) is 14.3. The lowest BCUT2D eigenvalue weighted by atomic mass is 10.2. The number of nitrogens with zero attached hydrogens (tertiary/aromatic N) is 2. The van der Waals surface area contributed by atoms with Crippen LogP contribution < -0.4 is 0 Å². The summed E-state index contributed by atoms with van der Waals surface area (Å²) >= 11 is 3.08. The van der Waals surface area contributed by atoms with Crippen molar-refractivity contribution < 1.29 is 8.78 Å². The Morgan fingerprint density at radius 3 is 2.60 bits per heavy atom. The molecule has 20 heavy (non-hydrogen) atoms. The molecule has 0 aliphatic carbocycles. The molecular weight excluding hydrogens is 326 g/mol. The minimum Gasteiger partial charge on any atom is -0.343 e. The van der Waals surface area contributed by atoms with Crippen molar-refractivity contribution in [3.05, 3.63) is 64.0 Å². The van der Waals surface area contributed by atoms with Gasteiger partial charge in [0.05, 0.1) is 12.1 Å². The van der Waals surface area contributed by atoms with E-state index < -0.39 is 11.6 Å². The highest BCUT2D eigenvalue weighted by molar-refractivity contribution is 9.10. The van der Waals surface area contributed by atoms with Crippen molar-refractivity contribution in [1.29, 1.82) is 0 Å². The molecule has 2 aromatic heterocycles. The Kier molecular flexibility index (Phi) is 3.30. The number of benzene rings is 1. The van der Waals surface area contributed by atoms with Crippen molar-refractivity contribution in [3.8, 4) is 0 Å². The molecule has 3 rings (SSSR count). The third kappa shape index (κ3) is 2.22. The van der Waals surface area contributed by atoms with Crippen molar-refractivity contribution in [2.45, 2.75) is 13.5 Å². The van der Waals surface area contributed by atoms with Crippen molar-refractivity contribution in [3.63, 3.8) is 0 Å². The fourth-order valence-electron chi connectivity index (χ4n) is 2.30. The summed E-state index contributed by atoms with van der Waals surface area (Å²) in [6, 6.07) is 6.30. The number of fused-ring (bicyclic) bond motifs is 1. The van der Waals surface area contributed by atoms with Crippen LogP contribution >= 0.6 is 15.9 Å². The number of aromatic nitrogens is 2. The largest absolute Gasteiger partial charge is 0.343 e. The molecule has 0 saturated carbocycles. The van der Waals surface area contributed by atoms with Gasteiger partial charge in [-0.3, -0.25) is 4.98 Å². The van der Waals surface area contributed by atoms with Crippen LogP contribution in [-0.2, 0) is 6.54 Å². The highest BCUT2D eigenvalue weighted by atomic mass is 79.9. The first-order chi connectivity index (χ1) is 9.56. The summed E-state index contributed by atoms with van der Waals surface area (Å²) in [6.45, 7) is 2.06. The molecule has 2 heterocycles. The van der Waals surface area contributed by atoms with Crippen molar-refractivity contribution in [1.82, 2.24) is 9.55 Å². The average Bonchev–Trinajstić information content (AvgIpc) is 2.78. The molecule has 2 nitrogen and oxygen atoms in total. The molecule has 0 unspecified atom stereocenters. The van der Waals surface area contributed by atoms with Gasteiger partial charge in [0, 0.05) is 33.5 Å². The van der Waals surface area contributed by atoms with E-state index in [1.165, 1.54) is 12.1 Å². The van der Waals surface area contributed by atoms with Gasteiger partial charge in [0.1, 0.15) is 11.6 Å². The fraction of sp³-hybridized carbons (Fsp3) is 0.133. The summed E-state index contributed by atoms with van der Waals surface area (Å²) in [4.78, 5) is 4.21. The van der Waals surface area contributed by atoms with E-state index in [-0.39, 0.29) is 12.1 Å². The van der Waals surface area contributed by atoms with Crippen LogP contribution in [0.2, 0.25) is 0 Å². The predicted octanol–water partition coefficient (Wildman–Crippen LogP) is 4.43. The summed E-state index contributed by atoms with van der Waals surface area (Å²) in [5.74, 6) is -1.10. The summed E-state index contributed by atoms with van der Waals surface area (Å²) < 4.78 is 30.0. The van der Waals surface area contributed by atoms with E-state index in [9.17, 15) is 8.78 Å². The van der Waals surface area contributed by atoms with Gasteiger partial charge in [0.25, 0.3) is 0 Å². The third-order valence-electron chi connectivity index (χ3n) is 3.33. The number of aryl methyl sites for hydroxylation is 1. The summed E-state index contributed by atoms with van der Waals surface area (Å²) in [7, 11) is 0. The monoisotopic (exact) mass is 336 g/mol. The van der Waals surface area contributed by atoms with Gasteiger partial charge in [-0.15, -0.1) is 0 Å². The molecule has 1 aromatic carbocycles. The van der Waals surface area contributed by atoms with Crippen molar-refractivity contribution in [2.75, 3.05) is 0 Å². The molecule has 0 N–H and O–H groups in total. The van der Waals surface area contributed by atoms with Gasteiger partial charge < -0.3 is 4.57 Å². The van der Waals surface area contributed by atoms with E-state index in [1.54, 1.807) is 6.20 Å². The van der Waals surface area contributed by atoms with Gasteiger partial charge in [-0.25, -0.2) is 8.78 Å². The molecule has 0 bridgehead atoms. The number of rotatable bonds is 2. The first-order valence-electron chi connectivity index (χ1n) is 6.10. The third-order valence-corrected chi connectivity index (χ3v) is 3.79. The van der Waals surface area contributed by atoms with Crippen LogP contribution in [0.1, 0.15) is 11.3 Å². The Morgan fingerprint density at radius 2 is 1.90 bits per heavy atom. The first-order valence-corrected chi connectivity index (χ1v) is 6.89. The minimum absolute atomic E-state index is 0.0557. The topological polar surface area (TPSA) is 17.8 Å². The van der Waals surface area contributed by atoms with Gasteiger partial charge in [0.15, 0.2) is 0 Å². The number of pyridine rings is 1. The first kappa shape index (κ1) is 13.2. The van der Waals surface area contributed by atoms with Crippen LogP contribution in [0.25, 0.3) is 10.9 Å². The molecule has 3 aromatic rings. The molecule has 0 saturated heterocycles. The normalized spacial score (nSPS) is 11.2. The maximum absolute atomic E-state index is 13.9. The zero-order valence-corrected chi connectivity index (χ0v) is 12.3. The van der Waals surface area contributed by atoms with E-state index in [1.807, 2.05) is 29.8 Å². The van der Waals surface area contributed by atoms with Crippen LogP contribution in [0.15, 0.2) is 41.1 Å². The molecule has 5 heteroatoms. The molecule has 0 atom stereocenters. The van der Waals surface area contributed by atoms with Crippen LogP contribution in [0.4, 0.5) is 8.78 Å². The molecule has 0 amide bonds. The quantitative estimate of drug-likeness (QED) is 0.676. The Labute approximate surface area is 123 Å².